The van der Waals surface area contributed by atoms with Gasteiger partial charge >= 0.3 is 0 Å². The summed E-state index contributed by atoms with van der Waals surface area (Å²) in [6, 6.07) is 4.64. The summed E-state index contributed by atoms with van der Waals surface area (Å²) in [5, 5.41) is 3.46. The van der Waals surface area contributed by atoms with Gasteiger partial charge in [-0.15, -0.1) is 6.58 Å². The average molecular weight is 275 g/mol. The molecule has 1 rings (SSSR count). The van der Waals surface area contributed by atoms with Crippen LogP contribution in [0.4, 0.5) is 5.69 Å². The molecule has 1 unspecified atom stereocenters. The Hall–Kier alpha value is -1.35. The second-order valence-electron chi connectivity index (χ2n) is 6.03. The van der Waals surface area contributed by atoms with Crippen molar-refractivity contribution in [3.8, 4) is 0 Å². The Balaban J connectivity index is 2.96. The van der Waals surface area contributed by atoms with Crippen LogP contribution in [-0.4, -0.2) is 23.6 Å². The molecule has 1 atom stereocenters. The number of nitrogens with zero attached hydrogens (tertiary/aromatic N) is 2. The maximum Gasteiger partial charge on any atom is 0.0574 e. The monoisotopic (exact) mass is 275 g/mol. The molecule has 0 fully saturated rings. The topological polar surface area (TPSA) is 28.2 Å². The molecule has 1 heterocycles. The Kier molecular flexibility index (Phi) is 6.21. The Morgan fingerprint density at radius 3 is 2.45 bits per heavy atom. The van der Waals surface area contributed by atoms with Crippen molar-refractivity contribution in [2.45, 2.75) is 52.6 Å². The Morgan fingerprint density at radius 1 is 1.35 bits per heavy atom. The summed E-state index contributed by atoms with van der Waals surface area (Å²) in [7, 11) is 0. The number of hydrogen-bond donors (Lipinski definition) is 1. The van der Waals surface area contributed by atoms with Crippen LogP contribution in [0.15, 0.2) is 31.0 Å². The molecule has 0 aliphatic rings. The van der Waals surface area contributed by atoms with Gasteiger partial charge in [-0.2, -0.15) is 0 Å². The van der Waals surface area contributed by atoms with Crippen molar-refractivity contribution in [3.63, 3.8) is 0 Å². The smallest absolute Gasteiger partial charge is 0.0574 e. The van der Waals surface area contributed by atoms with Crippen LogP contribution in [0.5, 0.6) is 0 Å². The Labute approximate surface area is 124 Å². The number of nitrogens with one attached hydrogen (secondary N) is 1. The van der Waals surface area contributed by atoms with E-state index in [-0.39, 0.29) is 5.54 Å². The minimum Gasteiger partial charge on any atom is -0.362 e. The second kappa shape index (κ2) is 7.44. The van der Waals surface area contributed by atoms with Crippen LogP contribution in [0.2, 0.25) is 0 Å². The molecule has 20 heavy (non-hydrogen) atoms. The van der Waals surface area contributed by atoms with Gasteiger partial charge in [-0.3, -0.25) is 4.98 Å². The van der Waals surface area contributed by atoms with Gasteiger partial charge in [0, 0.05) is 18.1 Å². The van der Waals surface area contributed by atoms with E-state index in [2.05, 4.69) is 68.5 Å². The molecule has 3 heteroatoms. The van der Waals surface area contributed by atoms with Gasteiger partial charge in [0.05, 0.1) is 17.6 Å². The van der Waals surface area contributed by atoms with Gasteiger partial charge in [-0.1, -0.05) is 19.9 Å². The van der Waals surface area contributed by atoms with Gasteiger partial charge in [0.2, 0.25) is 0 Å². The van der Waals surface area contributed by atoms with Crippen molar-refractivity contribution in [2.24, 2.45) is 0 Å². The summed E-state index contributed by atoms with van der Waals surface area (Å²) in [6.07, 6.45) is 4.96. The van der Waals surface area contributed by atoms with Crippen LogP contribution in [0.3, 0.4) is 0 Å². The van der Waals surface area contributed by atoms with Gasteiger partial charge < -0.3 is 10.2 Å². The van der Waals surface area contributed by atoms with Crippen molar-refractivity contribution in [2.75, 3.05) is 18.0 Å². The van der Waals surface area contributed by atoms with Gasteiger partial charge in [0.1, 0.15) is 0 Å². The van der Waals surface area contributed by atoms with Gasteiger partial charge in [-0.25, -0.2) is 0 Å². The Bertz CT molecular complexity index is 403. The SMILES string of the molecule is C=CCN(c1ccc(C(CC)NCC)nc1)C(C)(C)C. The molecule has 0 aliphatic carbocycles. The molecule has 1 N–H and O–H groups in total. The normalized spacial score (nSPS) is 13.1. The van der Waals surface area contributed by atoms with Crippen LogP contribution in [0.25, 0.3) is 0 Å². The van der Waals surface area contributed by atoms with Crippen molar-refractivity contribution < 1.29 is 0 Å². The fourth-order valence-electron chi connectivity index (χ4n) is 2.36. The molecule has 0 saturated heterocycles. The van der Waals surface area contributed by atoms with E-state index in [0.717, 1.165) is 30.9 Å². The number of aromatic nitrogens is 1. The van der Waals surface area contributed by atoms with Crippen LogP contribution < -0.4 is 10.2 Å². The molecule has 0 saturated carbocycles. The predicted molar refractivity (Wildman–Crippen MR) is 88.2 cm³/mol. The lowest BCUT2D eigenvalue weighted by Gasteiger charge is -2.37. The first kappa shape index (κ1) is 16.7. The molecule has 1 aromatic rings. The van der Waals surface area contributed by atoms with E-state index in [4.69, 9.17) is 0 Å². The molecule has 0 aromatic carbocycles. The average Bonchev–Trinajstić information content (AvgIpc) is 2.41. The first-order chi connectivity index (χ1) is 9.43. The van der Waals surface area contributed by atoms with Crippen LogP contribution in [0.1, 0.15) is 52.8 Å². The minimum absolute atomic E-state index is 0.0587. The maximum atomic E-state index is 4.65. The fourth-order valence-corrected chi connectivity index (χ4v) is 2.36. The van der Waals surface area contributed by atoms with Crippen molar-refractivity contribution in [1.82, 2.24) is 10.3 Å². The lowest BCUT2D eigenvalue weighted by atomic mass is 10.0. The summed E-state index contributed by atoms with van der Waals surface area (Å²) in [5.41, 5.74) is 2.32. The number of rotatable bonds is 7. The lowest BCUT2D eigenvalue weighted by molar-refractivity contribution is 0.516. The Morgan fingerprint density at radius 2 is 2.05 bits per heavy atom. The van der Waals surface area contributed by atoms with Crippen LogP contribution in [0, 0.1) is 0 Å². The third kappa shape index (κ3) is 4.34. The highest BCUT2D eigenvalue weighted by atomic mass is 15.2. The largest absolute Gasteiger partial charge is 0.362 e. The second-order valence-corrected chi connectivity index (χ2v) is 6.03. The first-order valence-electron chi connectivity index (χ1n) is 7.51. The minimum atomic E-state index is 0.0587. The zero-order valence-electron chi connectivity index (χ0n) is 13.6. The van der Waals surface area contributed by atoms with E-state index in [1.807, 2.05) is 12.3 Å². The predicted octanol–water partition coefficient (Wildman–Crippen LogP) is 3.93. The number of anilines is 1. The molecule has 112 valence electrons. The molecule has 0 aliphatic heterocycles. The molecule has 1 aromatic heterocycles. The quantitative estimate of drug-likeness (QED) is 0.764. The maximum absolute atomic E-state index is 4.65. The standard InChI is InChI=1S/C17H29N3/c1-7-12-20(17(4,5)6)14-10-11-16(19-13-14)15(8-2)18-9-3/h7,10-11,13,15,18H,1,8-9,12H2,2-6H3. The zero-order chi connectivity index (χ0) is 15.2. The highest BCUT2D eigenvalue weighted by molar-refractivity contribution is 5.48. The summed E-state index contributed by atoms with van der Waals surface area (Å²) >= 11 is 0. The fraction of sp³-hybridized carbons (Fsp3) is 0.588. The van der Waals surface area contributed by atoms with Crippen LogP contribution in [-0.2, 0) is 0 Å². The van der Waals surface area contributed by atoms with Gasteiger partial charge in [0.25, 0.3) is 0 Å². The molecule has 0 spiro atoms. The van der Waals surface area contributed by atoms with Gasteiger partial charge in [0.15, 0.2) is 0 Å². The first-order valence-corrected chi connectivity index (χ1v) is 7.51. The van der Waals surface area contributed by atoms with E-state index in [1.165, 1.54) is 0 Å². The highest BCUT2D eigenvalue weighted by Crippen LogP contribution is 2.24. The van der Waals surface area contributed by atoms with E-state index < -0.39 is 0 Å². The van der Waals surface area contributed by atoms with Crippen molar-refractivity contribution in [1.29, 1.82) is 0 Å². The summed E-state index contributed by atoms with van der Waals surface area (Å²) in [5.74, 6) is 0. The number of hydrogen-bond acceptors (Lipinski definition) is 3. The van der Waals surface area contributed by atoms with E-state index in [9.17, 15) is 0 Å². The molecule has 0 bridgehead atoms. The summed E-state index contributed by atoms with van der Waals surface area (Å²) in [6.45, 7) is 16.6. The summed E-state index contributed by atoms with van der Waals surface area (Å²) in [4.78, 5) is 6.96. The van der Waals surface area contributed by atoms with Crippen LogP contribution >= 0.6 is 0 Å². The van der Waals surface area contributed by atoms with E-state index >= 15 is 0 Å². The van der Waals surface area contributed by atoms with Crippen molar-refractivity contribution >= 4 is 5.69 Å². The zero-order valence-corrected chi connectivity index (χ0v) is 13.6. The molecule has 3 nitrogen and oxygen atoms in total. The van der Waals surface area contributed by atoms with Gasteiger partial charge in [-0.05, 0) is 45.9 Å². The highest BCUT2D eigenvalue weighted by Gasteiger charge is 2.21. The third-order valence-corrected chi connectivity index (χ3v) is 3.42. The third-order valence-electron chi connectivity index (χ3n) is 3.42. The molecule has 0 amide bonds. The molecule has 0 radical (unpaired) electrons. The van der Waals surface area contributed by atoms with E-state index in [1.54, 1.807) is 0 Å². The number of pyridine rings is 1. The van der Waals surface area contributed by atoms with Crippen molar-refractivity contribution in [3.05, 3.63) is 36.7 Å². The van der Waals surface area contributed by atoms with E-state index in [0.29, 0.717) is 6.04 Å². The lowest BCUT2D eigenvalue weighted by Crippen LogP contribution is -2.41. The molecular formula is C17H29N3. The summed E-state index contributed by atoms with van der Waals surface area (Å²) < 4.78 is 0. The molecular weight excluding hydrogens is 246 g/mol.